The molecule has 0 saturated heterocycles. The minimum Gasteiger partial charge on any atom is -0.296 e. The maximum Gasteiger partial charge on any atom is 0.181 e. The Bertz CT molecular complexity index is 1580. The molecule has 4 heterocycles. The molecule has 35 heavy (non-hydrogen) atoms. The SMILES string of the molecule is Cc1cc(C(C)(C)c2ccc(-n3cnc4ncncc43)c(C)c2)ccc1-n1cnc2ncncc21. The Balaban J connectivity index is 1.37. The van der Waals surface area contributed by atoms with Crippen LogP contribution in [0.2, 0.25) is 0 Å². The minimum absolute atomic E-state index is 0.188. The summed E-state index contributed by atoms with van der Waals surface area (Å²) in [7, 11) is 0. The maximum absolute atomic E-state index is 4.41. The molecule has 6 aromatic rings. The Hall–Kier alpha value is -4.46. The van der Waals surface area contributed by atoms with Crippen LogP contribution in [0.25, 0.3) is 33.7 Å². The van der Waals surface area contributed by atoms with Crippen LogP contribution in [-0.2, 0) is 5.41 Å². The number of imidazole rings is 2. The zero-order valence-corrected chi connectivity index (χ0v) is 20.0. The lowest BCUT2D eigenvalue weighted by Crippen LogP contribution is -2.20. The zero-order valence-electron chi connectivity index (χ0n) is 20.0. The molecule has 8 nitrogen and oxygen atoms in total. The van der Waals surface area contributed by atoms with E-state index < -0.39 is 0 Å². The summed E-state index contributed by atoms with van der Waals surface area (Å²) in [4.78, 5) is 25.6. The molecule has 0 fully saturated rings. The normalized spacial score (nSPS) is 12.0. The lowest BCUT2D eigenvalue weighted by atomic mass is 9.77. The summed E-state index contributed by atoms with van der Waals surface area (Å²) >= 11 is 0. The van der Waals surface area contributed by atoms with E-state index >= 15 is 0 Å². The summed E-state index contributed by atoms with van der Waals surface area (Å²) in [5.41, 5.74) is 9.94. The first-order valence-corrected chi connectivity index (χ1v) is 11.4. The van der Waals surface area contributed by atoms with Gasteiger partial charge in [0.2, 0.25) is 0 Å². The number of benzene rings is 2. The summed E-state index contributed by atoms with van der Waals surface area (Å²) in [6.07, 6.45) is 10.3. The van der Waals surface area contributed by atoms with Gasteiger partial charge in [-0.2, -0.15) is 0 Å². The molecule has 0 spiro atoms. The van der Waals surface area contributed by atoms with Crippen molar-refractivity contribution >= 4 is 22.3 Å². The smallest absolute Gasteiger partial charge is 0.181 e. The number of nitrogens with zero attached hydrogens (tertiary/aromatic N) is 8. The third-order valence-corrected chi connectivity index (χ3v) is 6.81. The second kappa shape index (κ2) is 7.80. The molecular formula is C27H24N8. The van der Waals surface area contributed by atoms with E-state index in [1.54, 1.807) is 25.0 Å². The fourth-order valence-electron chi connectivity index (χ4n) is 4.70. The van der Waals surface area contributed by atoms with Crippen LogP contribution in [-0.4, -0.2) is 39.0 Å². The molecule has 8 heteroatoms. The Labute approximate surface area is 202 Å². The van der Waals surface area contributed by atoms with Crippen molar-refractivity contribution in [2.24, 2.45) is 0 Å². The highest BCUT2D eigenvalue weighted by Gasteiger charge is 2.25. The summed E-state index contributed by atoms with van der Waals surface area (Å²) in [6, 6.07) is 13.2. The first kappa shape index (κ1) is 21.1. The molecule has 0 amide bonds. The molecule has 0 aliphatic heterocycles. The molecule has 0 radical (unpaired) electrons. The third-order valence-electron chi connectivity index (χ3n) is 6.81. The molecule has 0 bridgehead atoms. The second-order valence-electron chi connectivity index (χ2n) is 9.32. The van der Waals surface area contributed by atoms with Gasteiger partial charge in [-0.3, -0.25) is 9.13 Å². The van der Waals surface area contributed by atoms with Crippen molar-refractivity contribution in [3.8, 4) is 11.4 Å². The minimum atomic E-state index is -0.188. The highest BCUT2D eigenvalue weighted by molar-refractivity contribution is 5.73. The highest BCUT2D eigenvalue weighted by atomic mass is 15.1. The van der Waals surface area contributed by atoms with E-state index in [0.717, 1.165) is 33.5 Å². The molecule has 0 unspecified atom stereocenters. The quantitative estimate of drug-likeness (QED) is 0.372. The molecule has 0 N–H and O–H groups in total. The average Bonchev–Trinajstić information content (AvgIpc) is 3.48. The second-order valence-corrected chi connectivity index (χ2v) is 9.32. The van der Waals surface area contributed by atoms with Crippen LogP contribution in [0.15, 0.2) is 74.1 Å². The van der Waals surface area contributed by atoms with E-state index in [-0.39, 0.29) is 5.41 Å². The van der Waals surface area contributed by atoms with Gasteiger partial charge in [0, 0.05) is 5.41 Å². The van der Waals surface area contributed by atoms with Gasteiger partial charge in [-0.25, -0.2) is 29.9 Å². The van der Waals surface area contributed by atoms with Crippen molar-refractivity contribution in [1.82, 2.24) is 39.0 Å². The Kier molecular flexibility index (Phi) is 4.70. The van der Waals surface area contributed by atoms with Crippen molar-refractivity contribution in [1.29, 1.82) is 0 Å². The topological polar surface area (TPSA) is 87.2 Å². The number of aryl methyl sites for hydroxylation is 2. The molecule has 0 saturated carbocycles. The van der Waals surface area contributed by atoms with Crippen LogP contribution < -0.4 is 0 Å². The van der Waals surface area contributed by atoms with Crippen molar-refractivity contribution < 1.29 is 0 Å². The van der Waals surface area contributed by atoms with Crippen molar-refractivity contribution in [3.63, 3.8) is 0 Å². The van der Waals surface area contributed by atoms with Crippen LogP contribution >= 0.6 is 0 Å². The predicted octanol–water partition coefficient (Wildman–Crippen LogP) is 4.89. The first-order valence-electron chi connectivity index (χ1n) is 11.4. The summed E-state index contributed by atoms with van der Waals surface area (Å²) in [5, 5.41) is 0. The number of hydrogen-bond acceptors (Lipinski definition) is 6. The van der Waals surface area contributed by atoms with Gasteiger partial charge in [0.15, 0.2) is 11.3 Å². The van der Waals surface area contributed by atoms with Crippen LogP contribution in [0.4, 0.5) is 0 Å². The van der Waals surface area contributed by atoms with Gasteiger partial charge in [0.05, 0.1) is 23.8 Å². The molecule has 4 aromatic heterocycles. The first-order chi connectivity index (χ1) is 16.9. The van der Waals surface area contributed by atoms with Gasteiger partial charge in [0.1, 0.15) is 36.3 Å². The Morgan fingerprint density at radius 1 is 0.629 bits per heavy atom. The zero-order chi connectivity index (χ0) is 24.2. The Morgan fingerprint density at radius 3 is 1.51 bits per heavy atom. The lowest BCUT2D eigenvalue weighted by molar-refractivity contribution is 0.639. The van der Waals surface area contributed by atoms with Crippen molar-refractivity contribution in [2.75, 3.05) is 0 Å². The van der Waals surface area contributed by atoms with Crippen LogP contribution in [0, 0.1) is 13.8 Å². The molecule has 172 valence electrons. The summed E-state index contributed by atoms with van der Waals surface area (Å²) in [5.74, 6) is 0. The predicted molar refractivity (Wildman–Crippen MR) is 135 cm³/mol. The van der Waals surface area contributed by atoms with Crippen molar-refractivity contribution in [2.45, 2.75) is 33.1 Å². The fraction of sp³-hybridized carbons (Fsp3) is 0.185. The van der Waals surface area contributed by atoms with E-state index in [9.17, 15) is 0 Å². The molecular weight excluding hydrogens is 436 g/mol. The standard InChI is InChI=1S/C27H24N8/c1-17-9-19(5-7-21(17)34-15-32-25-23(34)11-28-13-30-25)27(3,4)20-6-8-22(18(2)10-20)35-16-33-26-24(35)12-29-14-31-26/h5-16H,1-4H3. The molecule has 0 aliphatic rings. The highest BCUT2D eigenvalue weighted by Crippen LogP contribution is 2.35. The number of hydrogen-bond donors (Lipinski definition) is 0. The fourth-order valence-corrected chi connectivity index (χ4v) is 4.70. The van der Waals surface area contributed by atoms with E-state index in [1.807, 2.05) is 9.13 Å². The largest absolute Gasteiger partial charge is 0.296 e. The monoisotopic (exact) mass is 460 g/mol. The van der Waals surface area contributed by atoms with Gasteiger partial charge in [-0.05, 0) is 48.2 Å². The van der Waals surface area contributed by atoms with Gasteiger partial charge >= 0.3 is 0 Å². The van der Waals surface area contributed by atoms with Crippen molar-refractivity contribution in [3.05, 3.63) is 96.4 Å². The van der Waals surface area contributed by atoms with Gasteiger partial charge in [-0.1, -0.05) is 38.1 Å². The number of fused-ring (bicyclic) bond motifs is 2. The van der Waals surface area contributed by atoms with E-state index in [1.165, 1.54) is 23.8 Å². The van der Waals surface area contributed by atoms with Gasteiger partial charge in [-0.15, -0.1) is 0 Å². The maximum atomic E-state index is 4.41. The van der Waals surface area contributed by atoms with Crippen LogP contribution in [0.1, 0.15) is 36.1 Å². The van der Waals surface area contributed by atoms with E-state index in [2.05, 4.69) is 94.0 Å². The Morgan fingerprint density at radius 2 is 1.09 bits per heavy atom. The van der Waals surface area contributed by atoms with Gasteiger partial charge < -0.3 is 0 Å². The van der Waals surface area contributed by atoms with Crippen LogP contribution in [0.5, 0.6) is 0 Å². The number of rotatable bonds is 4. The number of aromatic nitrogens is 8. The van der Waals surface area contributed by atoms with Gasteiger partial charge in [0.25, 0.3) is 0 Å². The lowest BCUT2D eigenvalue weighted by Gasteiger charge is -2.28. The van der Waals surface area contributed by atoms with E-state index in [0.29, 0.717) is 11.3 Å². The third kappa shape index (κ3) is 3.37. The summed E-state index contributed by atoms with van der Waals surface area (Å²) < 4.78 is 4.08. The molecule has 0 aliphatic carbocycles. The summed E-state index contributed by atoms with van der Waals surface area (Å²) in [6.45, 7) is 8.78. The molecule has 0 atom stereocenters. The molecule has 6 rings (SSSR count). The van der Waals surface area contributed by atoms with Crippen LogP contribution in [0.3, 0.4) is 0 Å². The average molecular weight is 461 g/mol. The molecule has 2 aromatic carbocycles. The van der Waals surface area contributed by atoms with E-state index in [4.69, 9.17) is 0 Å².